The van der Waals surface area contributed by atoms with Crippen LogP contribution in [0.3, 0.4) is 0 Å². The third-order valence-electron chi connectivity index (χ3n) is 10.2. The Hall–Kier alpha value is -7.52. The molecule has 0 fully saturated rings. The van der Waals surface area contributed by atoms with Crippen LogP contribution in [0.1, 0.15) is 109 Å². The van der Waals surface area contributed by atoms with Crippen molar-refractivity contribution >= 4 is 75.3 Å². The standard InChI is InChI=1S/C20H25N3O2.C19H23N3O2.C14H20N2O3/c21-17-12-8-9-13-18(17)23-20(25)15-7-2-1-6-14-19(24)22-16-10-4-3-5-11-16;20-16-11-7-8-12-17(16)22-19(24)14-6-2-5-13-18(23)21-15-9-3-1-4-10-15;17-13(15-12-8-4-3-5-9-12)10-6-1-2-7-11-14(18)16-19/h3-5,8-13H,1-2,6-7,14-15,21H2,(H,22,24)(H,23,25);1,3-4,7-12H,2,5-6,13-14,20H2,(H,21,23)(H,22,24);3-5,8-9,19H,1-2,6-7,10-11H2,(H,15,17)(H,16,18). The van der Waals surface area contributed by atoms with Gasteiger partial charge in [0.25, 0.3) is 0 Å². The Labute approximate surface area is 400 Å². The van der Waals surface area contributed by atoms with Gasteiger partial charge in [-0.15, -0.1) is 0 Å². The number of benzene rings is 5. The lowest BCUT2D eigenvalue weighted by Gasteiger charge is -2.08. The molecular formula is C53H68N8O7. The van der Waals surface area contributed by atoms with Gasteiger partial charge in [-0.3, -0.25) is 34.0 Å². The molecule has 68 heavy (non-hydrogen) atoms. The molecule has 5 aromatic carbocycles. The molecule has 0 radical (unpaired) electrons. The fourth-order valence-electron chi connectivity index (χ4n) is 6.54. The number of anilines is 7. The Kier molecular flexibility index (Phi) is 27.3. The van der Waals surface area contributed by atoms with Crippen LogP contribution in [-0.2, 0) is 28.8 Å². The predicted octanol–water partition coefficient (Wildman–Crippen LogP) is 10.5. The first-order valence-electron chi connectivity index (χ1n) is 23.3. The highest BCUT2D eigenvalue weighted by atomic mass is 16.5. The van der Waals surface area contributed by atoms with Gasteiger partial charge in [0.2, 0.25) is 35.4 Å². The summed E-state index contributed by atoms with van der Waals surface area (Å²) in [5.41, 5.74) is 18.0. The Bertz CT molecular complexity index is 2250. The lowest BCUT2D eigenvalue weighted by Crippen LogP contribution is -2.17. The number of hydrogen-bond acceptors (Lipinski definition) is 9. The molecule has 0 aromatic heterocycles. The number of nitrogens with one attached hydrogen (secondary N) is 6. The van der Waals surface area contributed by atoms with E-state index in [4.69, 9.17) is 16.7 Å². The Morgan fingerprint density at radius 2 is 0.544 bits per heavy atom. The van der Waals surface area contributed by atoms with Crippen LogP contribution in [0, 0.1) is 0 Å². The Balaban J connectivity index is 0.000000273. The number of rotatable bonds is 25. The summed E-state index contributed by atoms with van der Waals surface area (Å²) in [6.45, 7) is 0. The van der Waals surface area contributed by atoms with Gasteiger partial charge in [0.05, 0.1) is 22.7 Å². The molecule has 0 aliphatic rings. The molecule has 5 aromatic rings. The van der Waals surface area contributed by atoms with Gasteiger partial charge in [0.1, 0.15) is 0 Å². The molecule has 0 saturated carbocycles. The highest BCUT2D eigenvalue weighted by molar-refractivity contribution is 5.95. The summed E-state index contributed by atoms with van der Waals surface area (Å²) >= 11 is 0. The van der Waals surface area contributed by atoms with Gasteiger partial charge < -0.3 is 38.1 Å². The van der Waals surface area contributed by atoms with Crippen LogP contribution in [0.15, 0.2) is 140 Å². The highest BCUT2D eigenvalue weighted by Gasteiger charge is 2.08. The minimum atomic E-state index is -0.359. The van der Waals surface area contributed by atoms with E-state index in [1.165, 1.54) is 0 Å². The molecule has 0 atom stereocenters. The topological polar surface area (TPSA) is 247 Å². The van der Waals surface area contributed by atoms with Crippen LogP contribution < -0.4 is 43.5 Å². The largest absolute Gasteiger partial charge is 0.397 e. The van der Waals surface area contributed by atoms with Gasteiger partial charge >= 0.3 is 0 Å². The average Bonchev–Trinajstić information content (AvgIpc) is 3.34. The molecule has 6 amide bonds. The van der Waals surface area contributed by atoms with Gasteiger partial charge in [-0.2, -0.15) is 0 Å². The lowest BCUT2D eigenvalue weighted by atomic mass is 10.1. The number of hydroxylamine groups is 1. The second-order valence-electron chi connectivity index (χ2n) is 15.9. The lowest BCUT2D eigenvalue weighted by molar-refractivity contribution is -0.129. The van der Waals surface area contributed by atoms with E-state index in [0.29, 0.717) is 61.3 Å². The van der Waals surface area contributed by atoms with Crippen LogP contribution >= 0.6 is 0 Å². The van der Waals surface area contributed by atoms with Crippen molar-refractivity contribution in [3.63, 3.8) is 0 Å². The zero-order chi connectivity index (χ0) is 49.0. The average molecular weight is 929 g/mol. The van der Waals surface area contributed by atoms with Gasteiger partial charge in [-0.25, -0.2) is 5.48 Å². The first-order chi connectivity index (χ1) is 33.0. The maximum atomic E-state index is 11.9. The van der Waals surface area contributed by atoms with E-state index >= 15 is 0 Å². The fraction of sp³-hybridized carbons (Fsp3) is 0.321. The van der Waals surface area contributed by atoms with Crippen molar-refractivity contribution in [1.82, 2.24) is 5.48 Å². The number of para-hydroxylation sites is 7. The number of nitrogens with two attached hydrogens (primary N) is 2. The molecule has 0 aliphatic heterocycles. The predicted molar refractivity (Wildman–Crippen MR) is 273 cm³/mol. The van der Waals surface area contributed by atoms with E-state index in [9.17, 15) is 28.8 Å². The minimum Gasteiger partial charge on any atom is -0.397 e. The quantitative estimate of drug-likeness (QED) is 0.0117. The summed E-state index contributed by atoms with van der Waals surface area (Å²) in [4.78, 5) is 69.6. The maximum absolute atomic E-state index is 11.9. The zero-order valence-electron chi connectivity index (χ0n) is 38.9. The van der Waals surface area contributed by atoms with Crippen molar-refractivity contribution in [3.8, 4) is 0 Å². The van der Waals surface area contributed by atoms with Gasteiger partial charge in [-0.1, -0.05) is 111 Å². The number of carbonyl (C=O) groups excluding carboxylic acids is 6. The molecule has 15 nitrogen and oxygen atoms in total. The van der Waals surface area contributed by atoms with Crippen LogP contribution in [0.25, 0.3) is 0 Å². The molecule has 11 N–H and O–H groups in total. The van der Waals surface area contributed by atoms with E-state index in [-0.39, 0.29) is 35.4 Å². The number of amides is 6. The van der Waals surface area contributed by atoms with Crippen LogP contribution in [0.2, 0.25) is 0 Å². The molecule has 0 saturated heterocycles. The molecule has 0 unspecified atom stereocenters. The zero-order valence-corrected chi connectivity index (χ0v) is 38.9. The summed E-state index contributed by atoms with van der Waals surface area (Å²) in [6, 6.07) is 42.6. The third kappa shape index (κ3) is 25.8. The monoisotopic (exact) mass is 929 g/mol. The molecule has 5 rings (SSSR count). The van der Waals surface area contributed by atoms with Crippen molar-refractivity contribution in [3.05, 3.63) is 140 Å². The second-order valence-corrected chi connectivity index (χ2v) is 15.9. The van der Waals surface area contributed by atoms with Gasteiger partial charge in [0.15, 0.2) is 0 Å². The second kappa shape index (κ2) is 33.9. The van der Waals surface area contributed by atoms with Gasteiger partial charge in [-0.05, 0) is 99.2 Å². The van der Waals surface area contributed by atoms with Gasteiger partial charge in [0, 0.05) is 55.6 Å². The summed E-state index contributed by atoms with van der Waals surface area (Å²) < 4.78 is 0. The molecule has 15 heteroatoms. The summed E-state index contributed by atoms with van der Waals surface area (Å²) in [5.74, 6) is -0.395. The van der Waals surface area contributed by atoms with E-state index < -0.39 is 0 Å². The normalized spacial score (nSPS) is 10.1. The van der Waals surface area contributed by atoms with Crippen molar-refractivity contribution in [1.29, 1.82) is 0 Å². The molecule has 0 spiro atoms. The fourth-order valence-corrected chi connectivity index (χ4v) is 6.54. The molecular weight excluding hydrogens is 861 g/mol. The Morgan fingerprint density at radius 3 is 0.824 bits per heavy atom. The molecule has 0 bridgehead atoms. The van der Waals surface area contributed by atoms with Crippen molar-refractivity contribution in [2.75, 3.05) is 38.1 Å². The first kappa shape index (κ1) is 54.8. The number of carbonyl (C=O) groups is 6. The first-order valence-corrected chi connectivity index (χ1v) is 23.3. The molecule has 0 heterocycles. The van der Waals surface area contributed by atoms with E-state index in [2.05, 4.69) is 26.6 Å². The molecule has 362 valence electrons. The van der Waals surface area contributed by atoms with Crippen molar-refractivity contribution in [2.45, 2.75) is 109 Å². The van der Waals surface area contributed by atoms with Crippen LogP contribution in [0.4, 0.5) is 39.8 Å². The molecule has 0 aliphatic carbocycles. The SMILES string of the molecule is Nc1ccccc1NC(=O)CCCCCC(=O)Nc1ccccc1.Nc1ccccc1NC(=O)CCCCCCC(=O)Nc1ccccc1.O=C(CCCCCCC(=O)Nc1ccccc1)NO. The van der Waals surface area contributed by atoms with E-state index in [1.54, 1.807) is 29.7 Å². The summed E-state index contributed by atoms with van der Waals surface area (Å²) in [7, 11) is 0. The van der Waals surface area contributed by atoms with Crippen molar-refractivity contribution < 1.29 is 34.0 Å². The van der Waals surface area contributed by atoms with Crippen LogP contribution in [0.5, 0.6) is 0 Å². The number of unbranched alkanes of at least 4 members (excludes halogenated alkanes) is 8. The van der Waals surface area contributed by atoms with Crippen LogP contribution in [-0.4, -0.2) is 40.7 Å². The number of nitrogen functional groups attached to an aromatic ring is 2. The van der Waals surface area contributed by atoms with E-state index in [0.717, 1.165) is 87.7 Å². The van der Waals surface area contributed by atoms with Crippen molar-refractivity contribution in [2.24, 2.45) is 0 Å². The maximum Gasteiger partial charge on any atom is 0.243 e. The summed E-state index contributed by atoms with van der Waals surface area (Å²) in [6.07, 6.45) is 11.8. The smallest absolute Gasteiger partial charge is 0.243 e. The summed E-state index contributed by atoms with van der Waals surface area (Å²) in [5, 5.41) is 22.5. The van der Waals surface area contributed by atoms with E-state index in [1.807, 2.05) is 115 Å². The third-order valence-corrected chi connectivity index (χ3v) is 10.2. The number of hydrogen-bond donors (Lipinski definition) is 9. The highest BCUT2D eigenvalue weighted by Crippen LogP contribution is 2.19. The Morgan fingerprint density at radius 1 is 0.309 bits per heavy atom. The minimum absolute atomic E-state index is 0.00251.